The van der Waals surface area contributed by atoms with E-state index in [-0.39, 0.29) is 37.1 Å². The fourth-order valence-electron chi connectivity index (χ4n) is 4.75. The number of pyridine rings is 1. The van der Waals surface area contributed by atoms with Crippen LogP contribution in [-0.4, -0.2) is 15.9 Å². The van der Waals surface area contributed by atoms with Gasteiger partial charge in [0.1, 0.15) is 5.76 Å². The molecular weight excluding hydrogens is 733 g/mol. The van der Waals surface area contributed by atoms with Gasteiger partial charge in [0.15, 0.2) is 11.5 Å². The first-order chi connectivity index (χ1) is 20.4. The van der Waals surface area contributed by atoms with Crippen molar-refractivity contribution in [3.8, 4) is 33.5 Å². The first-order valence-electron chi connectivity index (χ1n) is 14.9. The van der Waals surface area contributed by atoms with E-state index < -0.39 is 5.41 Å². The fraction of sp³-hybridized carbons (Fsp3) is 0.325. The van der Waals surface area contributed by atoms with E-state index in [0.717, 1.165) is 44.6 Å². The first-order valence-corrected chi connectivity index (χ1v) is 14.9. The number of benzene rings is 3. The molecule has 0 bridgehead atoms. The van der Waals surface area contributed by atoms with Crippen LogP contribution in [0.2, 0.25) is 0 Å². The number of aliphatic hydroxyl groups excluding tert-OH is 1. The van der Waals surface area contributed by atoms with Crippen molar-refractivity contribution in [1.29, 1.82) is 0 Å². The van der Waals surface area contributed by atoms with Crippen LogP contribution >= 0.6 is 0 Å². The Labute approximate surface area is 283 Å². The van der Waals surface area contributed by atoms with E-state index in [2.05, 4.69) is 81.9 Å². The monoisotopic (exact) mass is 778 g/mol. The van der Waals surface area contributed by atoms with Crippen LogP contribution < -0.4 is 0 Å². The van der Waals surface area contributed by atoms with Gasteiger partial charge in [-0.2, -0.15) is 0 Å². The van der Waals surface area contributed by atoms with Crippen molar-refractivity contribution in [1.82, 2.24) is 4.98 Å². The van der Waals surface area contributed by atoms with Crippen LogP contribution in [0.1, 0.15) is 69.4 Å². The summed E-state index contributed by atoms with van der Waals surface area (Å²) in [6, 6.07) is 22.4. The van der Waals surface area contributed by atoms with Gasteiger partial charge < -0.3 is 10.1 Å². The smallest absolute Gasteiger partial charge is 0.187 e. The maximum absolute atomic E-state index is 11.5. The average Bonchev–Trinajstić information content (AvgIpc) is 2.91. The second-order valence-corrected chi connectivity index (χ2v) is 13.8. The van der Waals surface area contributed by atoms with Crippen LogP contribution in [0.15, 0.2) is 72.6 Å². The Morgan fingerprint density at radius 1 is 0.800 bits per heavy atom. The Morgan fingerprint density at radius 3 is 1.93 bits per heavy atom. The van der Waals surface area contributed by atoms with Gasteiger partial charge in [-0.1, -0.05) is 103 Å². The number of aromatic nitrogens is 1. The normalized spacial score (nSPS) is 11.6. The summed E-state index contributed by atoms with van der Waals surface area (Å²) in [4.78, 5) is 20.0. The molecule has 45 heavy (non-hydrogen) atoms. The topological polar surface area (TPSA) is 54.5 Å². The van der Waals surface area contributed by atoms with Crippen LogP contribution in [0.4, 0.5) is 5.69 Å². The molecule has 0 unspecified atom stereocenters. The summed E-state index contributed by atoms with van der Waals surface area (Å²) < 4.78 is 0. The first kappa shape index (κ1) is 37.3. The van der Waals surface area contributed by atoms with Gasteiger partial charge in [0.2, 0.25) is 0 Å². The summed E-state index contributed by atoms with van der Waals surface area (Å²) in [5.74, 6) is 0.104. The quantitative estimate of drug-likeness (QED) is 0.128. The van der Waals surface area contributed by atoms with Crippen LogP contribution in [0.5, 0.6) is 0 Å². The van der Waals surface area contributed by atoms with Gasteiger partial charge in [-0.05, 0) is 60.3 Å². The summed E-state index contributed by atoms with van der Waals surface area (Å²) in [7, 11) is 0. The molecule has 4 aromatic rings. The number of ketones is 1. The van der Waals surface area contributed by atoms with Crippen molar-refractivity contribution >= 4 is 11.5 Å². The number of hydrogen-bond acceptors (Lipinski definition) is 3. The van der Waals surface area contributed by atoms with Gasteiger partial charge in [0.05, 0.1) is 6.57 Å². The number of carbonyl (C=O) groups is 1. The molecule has 0 aliphatic heterocycles. The minimum Gasteiger partial charge on any atom is -0.512 e. The zero-order valence-electron chi connectivity index (χ0n) is 28.4. The molecule has 4 rings (SSSR count). The van der Waals surface area contributed by atoms with Crippen LogP contribution in [0, 0.1) is 58.1 Å². The van der Waals surface area contributed by atoms with Crippen molar-refractivity contribution < 1.29 is 30.0 Å². The van der Waals surface area contributed by atoms with Crippen LogP contribution in [0.25, 0.3) is 38.4 Å². The van der Waals surface area contributed by atoms with Gasteiger partial charge >= 0.3 is 0 Å². The molecule has 0 amide bonds. The standard InChI is InChI=1S/C29H25N2.C11H20O2.Ir/c1-18-9-19(2)12-23(11-18)28-15-25(27-16-26(30-6)8-7-22(27)5)17-31-29(28)24-13-20(3)10-21(4)14-24;1-10(2,3)8(12)7-9(13)11(4,5)6;/h7-13,15-17H,1-5H3;7,12H,1-6H3;/q-1;;/b;8-7-;. The van der Waals surface area contributed by atoms with Crippen molar-refractivity contribution in [2.75, 3.05) is 0 Å². The number of aliphatic hydroxyl groups is 1. The molecule has 0 aliphatic carbocycles. The molecule has 237 valence electrons. The van der Waals surface area contributed by atoms with Crippen molar-refractivity contribution in [2.24, 2.45) is 10.8 Å². The second kappa shape index (κ2) is 15.0. The number of carbonyl (C=O) groups excluding carboxylic acids is 1. The van der Waals surface area contributed by atoms with E-state index in [1.54, 1.807) is 0 Å². The molecule has 1 N–H and O–H groups in total. The minimum atomic E-state index is -0.417. The molecule has 1 radical (unpaired) electrons. The summed E-state index contributed by atoms with van der Waals surface area (Å²) >= 11 is 0. The molecule has 0 aliphatic rings. The summed E-state index contributed by atoms with van der Waals surface area (Å²) in [5, 5.41) is 9.56. The molecule has 0 atom stereocenters. The van der Waals surface area contributed by atoms with Gasteiger partial charge in [-0.15, -0.1) is 34.9 Å². The SMILES string of the molecule is CC(C)(C)C(=O)/C=C(\O)C(C)(C)C.[C-]#[N+]c1ccc(C)c(-c2cnc(-c3[c-]c(C)cc(C)c3)c(-c3cc(C)cc(C)c3)c2)c1.[Ir]. The van der Waals surface area contributed by atoms with Crippen molar-refractivity contribution in [3.63, 3.8) is 0 Å². The average molecular weight is 778 g/mol. The number of nitrogens with zero attached hydrogens (tertiary/aromatic N) is 2. The number of hydrogen-bond donors (Lipinski definition) is 1. The molecule has 3 aromatic carbocycles. The van der Waals surface area contributed by atoms with Crippen molar-refractivity contribution in [2.45, 2.75) is 76.2 Å². The predicted octanol–water partition coefficient (Wildman–Crippen LogP) is 11.1. The fourth-order valence-corrected chi connectivity index (χ4v) is 4.75. The summed E-state index contributed by atoms with van der Waals surface area (Å²) in [6.07, 6.45) is 3.25. The molecule has 5 heteroatoms. The number of aryl methyl sites for hydroxylation is 5. The Kier molecular flexibility index (Phi) is 12.4. The summed E-state index contributed by atoms with van der Waals surface area (Å²) in [5.41, 5.74) is 12.0. The molecule has 4 nitrogen and oxygen atoms in total. The van der Waals surface area contributed by atoms with Gasteiger partial charge in [-0.3, -0.25) is 4.79 Å². The molecule has 0 saturated heterocycles. The molecule has 0 saturated carbocycles. The van der Waals surface area contributed by atoms with E-state index in [4.69, 9.17) is 11.6 Å². The van der Waals surface area contributed by atoms with Gasteiger partial charge in [-0.25, -0.2) is 4.85 Å². The maximum Gasteiger partial charge on any atom is 0.187 e. The van der Waals surface area contributed by atoms with E-state index in [1.165, 1.54) is 22.8 Å². The Hall–Kier alpha value is -3.84. The molecular formula is C40H45IrN2O2-. The van der Waals surface area contributed by atoms with Crippen LogP contribution in [0.3, 0.4) is 0 Å². The van der Waals surface area contributed by atoms with Crippen molar-refractivity contribution in [3.05, 3.63) is 118 Å². The molecule has 0 fully saturated rings. The molecule has 0 spiro atoms. The zero-order chi connectivity index (χ0) is 33.0. The Balaban J connectivity index is 0.000000430. The third-order valence-corrected chi connectivity index (χ3v) is 7.26. The molecule has 1 aromatic heterocycles. The largest absolute Gasteiger partial charge is 0.512 e. The van der Waals surface area contributed by atoms with E-state index in [1.807, 2.05) is 65.9 Å². The number of allylic oxidation sites excluding steroid dienone is 2. The number of rotatable bonds is 4. The Bertz CT molecular complexity index is 1720. The summed E-state index contributed by atoms with van der Waals surface area (Å²) in [6.45, 7) is 29.0. The Morgan fingerprint density at radius 2 is 1.40 bits per heavy atom. The van der Waals surface area contributed by atoms with Crippen LogP contribution in [-0.2, 0) is 24.9 Å². The van der Waals surface area contributed by atoms with Gasteiger partial charge in [0.25, 0.3) is 0 Å². The third-order valence-electron chi connectivity index (χ3n) is 7.26. The second-order valence-electron chi connectivity index (χ2n) is 13.8. The van der Waals surface area contributed by atoms with E-state index >= 15 is 0 Å². The molecule has 1 heterocycles. The van der Waals surface area contributed by atoms with E-state index in [0.29, 0.717) is 5.69 Å². The predicted molar refractivity (Wildman–Crippen MR) is 184 cm³/mol. The maximum atomic E-state index is 11.5. The third kappa shape index (κ3) is 10.1. The zero-order valence-corrected chi connectivity index (χ0v) is 30.8. The van der Waals surface area contributed by atoms with E-state index in [9.17, 15) is 9.90 Å². The van der Waals surface area contributed by atoms with Gasteiger partial charge in [0, 0.05) is 43.2 Å². The minimum absolute atomic E-state index is 0.